The van der Waals surface area contributed by atoms with E-state index in [4.69, 9.17) is 0 Å². The maximum atomic E-state index is 3.90. The maximum Gasteiger partial charge on any atom is -0.0132 e. The first-order valence-corrected chi connectivity index (χ1v) is 4.96. The molecule has 0 rings (SSSR count). The summed E-state index contributed by atoms with van der Waals surface area (Å²) in [5.41, 5.74) is 3.73. The summed E-state index contributed by atoms with van der Waals surface area (Å²) in [5, 5.41) is 0. The maximum absolute atomic E-state index is 3.90. The molecule has 0 spiro atoms. The van der Waals surface area contributed by atoms with Gasteiger partial charge in [0.1, 0.15) is 0 Å². The first-order valence-electron chi connectivity index (χ1n) is 4.96. The van der Waals surface area contributed by atoms with Crippen molar-refractivity contribution in [2.75, 3.05) is 0 Å². The molecule has 0 aromatic heterocycles. The van der Waals surface area contributed by atoms with Gasteiger partial charge < -0.3 is 0 Å². The van der Waals surface area contributed by atoms with E-state index in [0.29, 0.717) is 0 Å². The highest BCUT2D eigenvalue weighted by Crippen LogP contribution is 2.26. The van der Waals surface area contributed by atoms with Crippen LogP contribution in [0.2, 0.25) is 0 Å². The van der Waals surface area contributed by atoms with Crippen LogP contribution in [0, 0.1) is 5.41 Å². The molecular weight excluding hydrogens is 168 g/mol. The van der Waals surface area contributed by atoms with Gasteiger partial charge in [0.15, 0.2) is 0 Å². The Balaban J connectivity index is 4.90. The van der Waals surface area contributed by atoms with E-state index in [1.165, 1.54) is 11.1 Å². The Bertz CT molecular complexity index is 280. The molecule has 0 aromatic rings. The predicted molar refractivity (Wildman–Crippen MR) is 66.3 cm³/mol. The fourth-order valence-electron chi connectivity index (χ4n) is 0.981. The minimum atomic E-state index is 0.160. The molecular formula is C14H22. The van der Waals surface area contributed by atoms with Crippen LogP contribution >= 0.6 is 0 Å². The van der Waals surface area contributed by atoms with E-state index in [1.54, 1.807) is 0 Å². The van der Waals surface area contributed by atoms with Gasteiger partial charge in [-0.15, -0.1) is 0 Å². The lowest BCUT2D eigenvalue weighted by Gasteiger charge is -2.19. The van der Waals surface area contributed by atoms with Gasteiger partial charge in [-0.2, -0.15) is 0 Å². The summed E-state index contributed by atoms with van der Waals surface area (Å²) in [6.07, 6.45) is 6.14. The molecule has 0 radical (unpaired) electrons. The molecule has 14 heavy (non-hydrogen) atoms. The normalized spacial score (nSPS) is 14.1. The standard InChI is InChI=1S/C14H22/c1-8-13(14(5,6)7)10-9-12(4)11(2)3/h8-10H,1-2H2,3-7H3/b12-9+,13-10+. The van der Waals surface area contributed by atoms with Gasteiger partial charge in [-0.05, 0) is 30.4 Å². The minimum Gasteiger partial charge on any atom is -0.0988 e. The topological polar surface area (TPSA) is 0 Å². The highest BCUT2D eigenvalue weighted by molar-refractivity contribution is 5.33. The van der Waals surface area contributed by atoms with Gasteiger partial charge in [-0.1, -0.05) is 57.7 Å². The third-order valence-corrected chi connectivity index (χ3v) is 2.27. The number of rotatable bonds is 3. The first kappa shape index (κ1) is 13.0. The molecule has 0 saturated carbocycles. The smallest absolute Gasteiger partial charge is 0.0132 e. The Morgan fingerprint density at radius 1 is 1.07 bits per heavy atom. The molecule has 78 valence electrons. The molecule has 0 nitrogen and oxygen atoms in total. The van der Waals surface area contributed by atoms with Crippen molar-refractivity contribution in [1.29, 1.82) is 0 Å². The fourth-order valence-corrected chi connectivity index (χ4v) is 0.981. The van der Waals surface area contributed by atoms with E-state index >= 15 is 0 Å². The van der Waals surface area contributed by atoms with Crippen LogP contribution in [-0.2, 0) is 0 Å². The zero-order valence-corrected chi connectivity index (χ0v) is 10.1. The van der Waals surface area contributed by atoms with Crippen molar-refractivity contribution in [2.24, 2.45) is 5.41 Å². The van der Waals surface area contributed by atoms with E-state index in [1.807, 2.05) is 13.0 Å². The average Bonchev–Trinajstić information content (AvgIpc) is 2.02. The summed E-state index contributed by atoms with van der Waals surface area (Å²) < 4.78 is 0. The highest BCUT2D eigenvalue weighted by Gasteiger charge is 2.12. The van der Waals surface area contributed by atoms with E-state index in [2.05, 4.69) is 53.0 Å². The van der Waals surface area contributed by atoms with Gasteiger partial charge in [0.25, 0.3) is 0 Å². The van der Waals surface area contributed by atoms with Crippen LogP contribution in [-0.4, -0.2) is 0 Å². The molecule has 0 N–H and O–H groups in total. The molecule has 0 aliphatic carbocycles. The summed E-state index contributed by atoms with van der Waals surface area (Å²) in [7, 11) is 0. The van der Waals surface area contributed by atoms with Crippen LogP contribution in [0.5, 0.6) is 0 Å². The molecule has 0 bridgehead atoms. The molecule has 0 amide bonds. The summed E-state index contributed by atoms with van der Waals surface area (Å²) in [6.45, 7) is 18.4. The van der Waals surface area contributed by atoms with Crippen LogP contribution in [0.3, 0.4) is 0 Å². The Kier molecular flexibility index (Phi) is 4.62. The molecule has 0 fully saturated rings. The minimum absolute atomic E-state index is 0.160. The van der Waals surface area contributed by atoms with E-state index in [-0.39, 0.29) is 5.41 Å². The molecule has 0 aliphatic rings. The van der Waals surface area contributed by atoms with Gasteiger partial charge in [0.2, 0.25) is 0 Å². The van der Waals surface area contributed by atoms with Crippen LogP contribution < -0.4 is 0 Å². The highest BCUT2D eigenvalue weighted by atomic mass is 14.2. The molecule has 0 aliphatic heterocycles. The lowest BCUT2D eigenvalue weighted by atomic mass is 9.86. The Morgan fingerprint density at radius 2 is 1.57 bits per heavy atom. The number of allylic oxidation sites excluding steroid dienone is 6. The zero-order chi connectivity index (χ0) is 11.4. The van der Waals surface area contributed by atoms with Gasteiger partial charge in [-0.3, -0.25) is 0 Å². The second-order valence-corrected chi connectivity index (χ2v) is 4.71. The number of hydrogen-bond acceptors (Lipinski definition) is 0. The average molecular weight is 190 g/mol. The Labute approximate surface area is 88.7 Å². The predicted octanol–water partition coefficient (Wildman–Crippen LogP) is 4.67. The van der Waals surface area contributed by atoms with Crippen molar-refractivity contribution in [3.05, 3.63) is 48.1 Å². The van der Waals surface area contributed by atoms with Gasteiger partial charge >= 0.3 is 0 Å². The fraction of sp³-hybridized carbons (Fsp3) is 0.429. The van der Waals surface area contributed by atoms with Crippen LogP contribution in [0.1, 0.15) is 34.6 Å². The van der Waals surface area contributed by atoms with E-state index in [0.717, 1.165) is 5.57 Å². The summed E-state index contributed by atoms with van der Waals surface area (Å²) in [4.78, 5) is 0. The molecule has 0 aromatic carbocycles. The van der Waals surface area contributed by atoms with Crippen molar-refractivity contribution < 1.29 is 0 Å². The molecule has 0 saturated heterocycles. The second-order valence-electron chi connectivity index (χ2n) is 4.71. The van der Waals surface area contributed by atoms with E-state index < -0.39 is 0 Å². The molecule has 0 heteroatoms. The quantitative estimate of drug-likeness (QED) is 0.567. The van der Waals surface area contributed by atoms with Crippen molar-refractivity contribution in [3.8, 4) is 0 Å². The lowest BCUT2D eigenvalue weighted by Crippen LogP contribution is -2.06. The number of hydrogen-bond donors (Lipinski definition) is 0. The largest absolute Gasteiger partial charge is 0.0988 e. The van der Waals surface area contributed by atoms with Crippen molar-refractivity contribution in [1.82, 2.24) is 0 Å². The summed E-state index contributed by atoms with van der Waals surface area (Å²) in [6, 6.07) is 0. The van der Waals surface area contributed by atoms with Crippen LogP contribution in [0.15, 0.2) is 48.1 Å². The Hall–Kier alpha value is -1.04. The molecule has 0 unspecified atom stereocenters. The Morgan fingerprint density at radius 3 is 1.86 bits per heavy atom. The monoisotopic (exact) mass is 190 g/mol. The first-order chi connectivity index (χ1) is 6.29. The molecule has 0 atom stereocenters. The second kappa shape index (κ2) is 4.99. The SMILES string of the molecule is C=C/C(=C\C=C(/C)C(=C)C)C(C)(C)C. The lowest BCUT2D eigenvalue weighted by molar-refractivity contribution is 0.517. The van der Waals surface area contributed by atoms with Gasteiger partial charge in [-0.25, -0.2) is 0 Å². The van der Waals surface area contributed by atoms with Crippen LogP contribution in [0.25, 0.3) is 0 Å². The van der Waals surface area contributed by atoms with Crippen molar-refractivity contribution >= 4 is 0 Å². The van der Waals surface area contributed by atoms with Crippen molar-refractivity contribution in [3.63, 3.8) is 0 Å². The zero-order valence-electron chi connectivity index (χ0n) is 10.1. The molecule has 0 heterocycles. The third kappa shape index (κ3) is 4.27. The van der Waals surface area contributed by atoms with Gasteiger partial charge in [0, 0.05) is 0 Å². The van der Waals surface area contributed by atoms with Gasteiger partial charge in [0.05, 0.1) is 0 Å². The third-order valence-electron chi connectivity index (χ3n) is 2.27. The van der Waals surface area contributed by atoms with Crippen molar-refractivity contribution in [2.45, 2.75) is 34.6 Å². The van der Waals surface area contributed by atoms with Crippen LogP contribution in [0.4, 0.5) is 0 Å². The van der Waals surface area contributed by atoms with E-state index in [9.17, 15) is 0 Å². The summed E-state index contributed by atoms with van der Waals surface area (Å²) in [5.74, 6) is 0. The summed E-state index contributed by atoms with van der Waals surface area (Å²) >= 11 is 0.